The quantitative estimate of drug-likeness (QED) is 0.281. The van der Waals surface area contributed by atoms with Crippen LogP contribution in [-0.4, -0.2) is 28.3 Å². The molecule has 1 N–H and O–H groups in total. The Morgan fingerprint density at radius 1 is 0.962 bits per heavy atom. The van der Waals surface area contributed by atoms with Crippen LogP contribution in [-0.2, 0) is 0 Å². The number of thioether (sulfide) groups is 1. The van der Waals surface area contributed by atoms with Gasteiger partial charge in [0.25, 0.3) is 0 Å². The van der Waals surface area contributed by atoms with Crippen LogP contribution < -0.4 is 4.74 Å². The number of ether oxygens (including phenoxy) is 1. The van der Waals surface area contributed by atoms with E-state index >= 15 is 0 Å². The van der Waals surface area contributed by atoms with Gasteiger partial charge in [0.2, 0.25) is 0 Å². The van der Waals surface area contributed by atoms with E-state index in [1.54, 1.807) is 7.11 Å². The first-order valence-electron chi connectivity index (χ1n) is 8.04. The SMILES string of the molecule is COc1ccc(-c2c(-c3ccccc3)[nH]c3nc(SC)nc(Cl)c23)cc1. The molecule has 2 heterocycles. The Morgan fingerprint density at radius 3 is 2.35 bits per heavy atom. The summed E-state index contributed by atoms with van der Waals surface area (Å²) in [5.74, 6) is 0.807. The molecule has 0 unspecified atom stereocenters. The molecule has 2 aromatic carbocycles. The minimum atomic E-state index is 0.448. The molecule has 4 rings (SSSR count). The Hall–Kier alpha value is -2.50. The van der Waals surface area contributed by atoms with Gasteiger partial charge in [-0.05, 0) is 29.5 Å². The van der Waals surface area contributed by atoms with Gasteiger partial charge in [0, 0.05) is 5.56 Å². The van der Waals surface area contributed by atoms with Crippen molar-refractivity contribution in [3.63, 3.8) is 0 Å². The lowest BCUT2D eigenvalue weighted by Crippen LogP contribution is -1.88. The number of benzene rings is 2. The number of rotatable bonds is 4. The van der Waals surface area contributed by atoms with E-state index in [2.05, 4.69) is 27.1 Å². The van der Waals surface area contributed by atoms with Crippen molar-refractivity contribution in [1.29, 1.82) is 0 Å². The van der Waals surface area contributed by atoms with Gasteiger partial charge in [0.05, 0.1) is 18.2 Å². The summed E-state index contributed by atoms with van der Waals surface area (Å²) in [4.78, 5) is 12.5. The smallest absolute Gasteiger partial charge is 0.190 e. The number of hydrogen-bond donors (Lipinski definition) is 1. The van der Waals surface area contributed by atoms with Gasteiger partial charge in [-0.2, -0.15) is 0 Å². The topological polar surface area (TPSA) is 50.8 Å². The summed E-state index contributed by atoms with van der Waals surface area (Å²) in [5, 5.41) is 1.92. The maximum Gasteiger partial charge on any atom is 0.190 e. The largest absolute Gasteiger partial charge is 0.497 e. The first-order valence-corrected chi connectivity index (χ1v) is 9.64. The molecule has 2 aromatic heterocycles. The number of aromatic amines is 1. The van der Waals surface area contributed by atoms with Gasteiger partial charge in [0.1, 0.15) is 16.5 Å². The molecule has 0 atom stereocenters. The fourth-order valence-corrected chi connectivity index (χ4v) is 3.67. The Balaban J connectivity index is 2.04. The summed E-state index contributed by atoms with van der Waals surface area (Å²) in [6.45, 7) is 0. The number of methoxy groups -OCH3 is 1. The maximum atomic E-state index is 6.55. The fraction of sp³-hybridized carbons (Fsp3) is 0.100. The van der Waals surface area contributed by atoms with Gasteiger partial charge < -0.3 is 9.72 Å². The van der Waals surface area contributed by atoms with Gasteiger partial charge >= 0.3 is 0 Å². The number of aromatic nitrogens is 3. The molecule has 0 saturated carbocycles. The van der Waals surface area contributed by atoms with Crippen molar-refractivity contribution in [1.82, 2.24) is 15.0 Å². The van der Waals surface area contributed by atoms with Crippen LogP contribution in [0.1, 0.15) is 0 Å². The highest BCUT2D eigenvalue weighted by atomic mass is 35.5. The van der Waals surface area contributed by atoms with Crippen molar-refractivity contribution in [3.05, 3.63) is 59.8 Å². The van der Waals surface area contributed by atoms with Crippen molar-refractivity contribution in [2.24, 2.45) is 0 Å². The van der Waals surface area contributed by atoms with Gasteiger partial charge in [-0.15, -0.1) is 0 Å². The lowest BCUT2D eigenvalue weighted by Gasteiger charge is -2.07. The zero-order chi connectivity index (χ0) is 18.1. The molecule has 0 aliphatic heterocycles. The van der Waals surface area contributed by atoms with Crippen molar-refractivity contribution >= 4 is 34.4 Å². The molecule has 130 valence electrons. The zero-order valence-electron chi connectivity index (χ0n) is 14.3. The van der Waals surface area contributed by atoms with Crippen LogP contribution in [0.3, 0.4) is 0 Å². The molecule has 0 saturated heterocycles. The van der Waals surface area contributed by atoms with Crippen LogP contribution in [0.5, 0.6) is 5.75 Å². The molecule has 4 aromatic rings. The molecule has 0 aliphatic carbocycles. The standard InChI is InChI=1S/C20H16ClN3OS/c1-25-14-10-8-12(9-11-14)15-16-18(21)23-20(26-2)24-19(16)22-17(15)13-6-4-3-5-7-13/h3-11H,1-2H3,(H,22,23,24). The molecule has 4 nitrogen and oxygen atoms in total. The highest BCUT2D eigenvalue weighted by molar-refractivity contribution is 7.98. The van der Waals surface area contributed by atoms with Crippen LogP contribution in [0.25, 0.3) is 33.4 Å². The van der Waals surface area contributed by atoms with Crippen LogP contribution in [0, 0.1) is 0 Å². The molecule has 6 heteroatoms. The number of hydrogen-bond acceptors (Lipinski definition) is 4. The molecule has 0 spiro atoms. The van der Waals surface area contributed by atoms with E-state index in [4.69, 9.17) is 16.3 Å². The molecular weight excluding hydrogens is 366 g/mol. The third kappa shape index (κ3) is 2.93. The second-order valence-electron chi connectivity index (χ2n) is 5.69. The van der Waals surface area contributed by atoms with Gasteiger partial charge in [-0.3, -0.25) is 0 Å². The summed E-state index contributed by atoms with van der Waals surface area (Å²) in [6, 6.07) is 18.1. The third-order valence-corrected chi connectivity index (χ3v) is 5.03. The van der Waals surface area contributed by atoms with E-state index in [0.29, 0.717) is 10.3 Å². The van der Waals surface area contributed by atoms with Gasteiger partial charge in [-0.25, -0.2) is 9.97 Å². The fourth-order valence-electron chi connectivity index (χ4n) is 2.99. The molecule has 26 heavy (non-hydrogen) atoms. The van der Waals surface area contributed by atoms with Crippen LogP contribution >= 0.6 is 23.4 Å². The van der Waals surface area contributed by atoms with E-state index in [-0.39, 0.29) is 0 Å². The number of nitrogens with zero attached hydrogens (tertiary/aromatic N) is 2. The predicted molar refractivity (Wildman–Crippen MR) is 108 cm³/mol. The molecular formula is C20H16ClN3OS. The highest BCUT2D eigenvalue weighted by Gasteiger charge is 2.20. The van der Waals surface area contributed by atoms with Crippen molar-refractivity contribution in [2.45, 2.75) is 5.16 Å². The predicted octanol–water partition coefficient (Wildman–Crippen LogP) is 5.68. The van der Waals surface area contributed by atoms with E-state index in [9.17, 15) is 0 Å². The molecule has 0 radical (unpaired) electrons. The number of halogens is 1. The van der Waals surface area contributed by atoms with Crippen LogP contribution in [0.4, 0.5) is 0 Å². The van der Waals surface area contributed by atoms with Crippen molar-refractivity contribution in [3.8, 4) is 28.1 Å². The normalized spacial score (nSPS) is 11.0. The lowest BCUT2D eigenvalue weighted by atomic mass is 9.99. The Labute approximate surface area is 160 Å². The Kier molecular flexibility index (Phi) is 4.57. The summed E-state index contributed by atoms with van der Waals surface area (Å²) >= 11 is 8.01. The minimum absolute atomic E-state index is 0.448. The van der Waals surface area contributed by atoms with E-state index in [0.717, 1.165) is 39.2 Å². The van der Waals surface area contributed by atoms with E-state index in [1.807, 2.05) is 48.7 Å². The number of fused-ring (bicyclic) bond motifs is 1. The summed E-state index contributed by atoms with van der Waals surface area (Å²) in [6.07, 6.45) is 1.93. The summed E-state index contributed by atoms with van der Waals surface area (Å²) in [7, 11) is 1.66. The Morgan fingerprint density at radius 2 is 1.69 bits per heavy atom. The van der Waals surface area contributed by atoms with Crippen molar-refractivity contribution in [2.75, 3.05) is 13.4 Å². The third-order valence-electron chi connectivity index (χ3n) is 4.21. The second kappa shape index (κ2) is 7.02. The van der Waals surface area contributed by atoms with Crippen LogP contribution in [0.15, 0.2) is 59.8 Å². The van der Waals surface area contributed by atoms with Crippen LogP contribution in [0.2, 0.25) is 5.15 Å². The molecule has 0 amide bonds. The summed E-state index contributed by atoms with van der Waals surface area (Å²) < 4.78 is 5.28. The van der Waals surface area contributed by atoms with Gasteiger partial charge in [0.15, 0.2) is 5.16 Å². The zero-order valence-corrected chi connectivity index (χ0v) is 15.9. The average molecular weight is 382 g/mol. The highest BCUT2D eigenvalue weighted by Crippen LogP contribution is 2.41. The minimum Gasteiger partial charge on any atom is -0.497 e. The molecule has 0 fully saturated rings. The molecule has 0 bridgehead atoms. The first kappa shape index (κ1) is 16.9. The van der Waals surface area contributed by atoms with Crippen molar-refractivity contribution < 1.29 is 4.74 Å². The number of nitrogens with one attached hydrogen (secondary N) is 1. The van der Waals surface area contributed by atoms with E-state index in [1.165, 1.54) is 11.8 Å². The lowest BCUT2D eigenvalue weighted by molar-refractivity contribution is 0.415. The second-order valence-corrected chi connectivity index (χ2v) is 6.83. The maximum absolute atomic E-state index is 6.55. The van der Waals surface area contributed by atoms with E-state index < -0.39 is 0 Å². The Bertz CT molecular complexity index is 1060. The van der Waals surface area contributed by atoms with Gasteiger partial charge in [-0.1, -0.05) is 65.8 Å². The summed E-state index contributed by atoms with van der Waals surface area (Å²) in [5.41, 5.74) is 4.79. The first-order chi connectivity index (χ1) is 12.7. The number of H-pyrrole nitrogens is 1. The average Bonchev–Trinajstić information content (AvgIpc) is 3.08. The molecule has 0 aliphatic rings. The monoisotopic (exact) mass is 381 g/mol.